The first-order valence-corrected chi connectivity index (χ1v) is 8.46. The maximum absolute atomic E-state index is 12.0. The zero-order valence-electron chi connectivity index (χ0n) is 13.2. The third-order valence-electron chi connectivity index (χ3n) is 3.72. The van der Waals surface area contributed by atoms with Crippen LogP contribution in [0.2, 0.25) is 0 Å². The molecule has 0 saturated carbocycles. The number of carbonyl (C=O) groups excluding carboxylic acids is 1. The van der Waals surface area contributed by atoms with E-state index in [4.69, 9.17) is 4.84 Å². The molecule has 23 heavy (non-hydrogen) atoms. The van der Waals surface area contributed by atoms with Gasteiger partial charge in [-0.05, 0) is 32.1 Å². The fourth-order valence-electron chi connectivity index (χ4n) is 2.48. The average molecular weight is 326 g/mol. The molecular weight excluding hydrogens is 308 g/mol. The summed E-state index contributed by atoms with van der Waals surface area (Å²) in [6.07, 6.45) is 1.86. The number of hydrogen-bond donors (Lipinski definition) is 0. The van der Waals surface area contributed by atoms with Crippen LogP contribution in [0, 0.1) is 0 Å². The van der Waals surface area contributed by atoms with Gasteiger partial charge in [-0.25, -0.2) is 4.79 Å². The summed E-state index contributed by atoms with van der Waals surface area (Å²) in [6, 6.07) is 13.7. The predicted octanol–water partition coefficient (Wildman–Crippen LogP) is 3.94. The van der Waals surface area contributed by atoms with Crippen LogP contribution in [0.25, 0.3) is 6.08 Å². The summed E-state index contributed by atoms with van der Waals surface area (Å²) in [5, 5.41) is 5.13. The Labute approximate surface area is 139 Å². The van der Waals surface area contributed by atoms with E-state index >= 15 is 0 Å². The normalized spacial score (nSPS) is 15.7. The molecule has 0 atom stereocenters. The van der Waals surface area contributed by atoms with Crippen molar-refractivity contribution < 1.29 is 9.63 Å². The van der Waals surface area contributed by atoms with Crippen molar-refractivity contribution in [3.05, 3.63) is 58.5 Å². The van der Waals surface area contributed by atoms with E-state index in [1.165, 1.54) is 5.00 Å². The summed E-state index contributed by atoms with van der Waals surface area (Å²) in [7, 11) is 0. The second-order valence-electron chi connectivity index (χ2n) is 5.09. The highest BCUT2D eigenvalue weighted by atomic mass is 32.1. The summed E-state index contributed by atoms with van der Waals surface area (Å²) >= 11 is 1.66. The molecule has 0 fully saturated rings. The molecule has 1 aromatic carbocycles. The smallest absolute Gasteiger partial charge is 0.364 e. The summed E-state index contributed by atoms with van der Waals surface area (Å²) < 4.78 is 0. The van der Waals surface area contributed by atoms with E-state index in [0.717, 1.165) is 23.5 Å². The summed E-state index contributed by atoms with van der Waals surface area (Å²) in [5.41, 5.74) is 1.97. The van der Waals surface area contributed by atoms with Crippen molar-refractivity contribution in [3.8, 4) is 0 Å². The number of oxime groups is 1. The Balaban J connectivity index is 1.91. The van der Waals surface area contributed by atoms with Gasteiger partial charge in [0.25, 0.3) is 0 Å². The molecular formula is C18H18N2O2S. The van der Waals surface area contributed by atoms with Crippen LogP contribution in [-0.2, 0) is 9.63 Å². The lowest BCUT2D eigenvalue weighted by Gasteiger charge is -2.17. The minimum absolute atomic E-state index is 0.401. The van der Waals surface area contributed by atoms with Crippen LogP contribution in [0.15, 0.2) is 53.2 Å². The average Bonchev–Trinajstić information content (AvgIpc) is 3.18. The Bertz CT molecular complexity index is 758. The maximum atomic E-state index is 12.0. The van der Waals surface area contributed by atoms with Crippen molar-refractivity contribution in [1.82, 2.24) is 0 Å². The Morgan fingerprint density at radius 3 is 2.57 bits per heavy atom. The van der Waals surface area contributed by atoms with Gasteiger partial charge in [0.05, 0.1) is 10.6 Å². The zero-order chi connectivity index (χ0) is 16.2. The third kappa shape index (κ3) is 3.19. The molecule has 1 aliphatic heterocycles. The van der Waals surface area contributed by atoms with Gasteiger partial charge >= 0.3 is 5.97 Å². The molecule has 0 radical (unpaired) electrons. The molecule has 0 amide bonds. The van der Waals surface area contributed by atoms with Crippen molar-refractivity contribution in [2.75, 3.05) is 18.0 Å². The predicted molar refractivity (Wildman–Crippen MR) is 94.9 cm³/mol. The first kappa shape index (κ1) is 15.5. The molecule has 1 aromatic heterocycles. The lowest BCUT2D eigenvalue weighted by Crippen LogP contribution is -2.20. The molecule has 0 N–H and O–H groups in total. The molecule has 0 aliphatic carbocycles. The molecule has 2 aromatic rings. The standard InChI is InChI=1S/C18H18N2O2S/c1-3-20(4-2)16-11-10-14(23-16)12-15-17(19-22-18(15)21)13-8-6-5-7-9-13/h5-12H,3-4H2,1-2H3/b15-12+. The first-order valence-electron chi connectivity index (χ1n) is 7.64. The van der Waals surface area contributed by atoms with E-state index < -0.39 is 5.97 Å². The highest BCUT2D eigenvalue weighted by Gasteiger charge is 2.26. The number of hydrogen-bond acceptors (Lipinski definition) is 5. The highest BCUT2D eigenvalue weighted by Crippen LogP contribution is 2.29. The molecule has 0 bridgehead atoms. The Kier molecular flexibility index (Phi) is 4.57. The minimum Gasteiger partial charge on any atom is -0.364 e. The van der Waals surface area contributed by atoms with Crippen molar-refractivity contribution in [2.24, 2.45) is 5.16 Å². The number of rotatable bonds is 5. The zero-order valence-corrected chi connectivity index (χ0v) is 14.0. The number of carbonyl (C=O) groups is 1. The van der Waals surface area contributed by atoms with Gasteiger partial charge in [-0.2, -0.15) is 0 Å². The van der Waals surface area contributed by atoms with Crippen LogP contribution in [0.3, 0.4) is 0 Å². The Morgan fingerprint density at radius 2 is 1.87 bits per heavy atom. The molecule has 5 heteroatoms. The van der Waals surface area contributed by atoms with E-state index in [9.17, 15) is 4.79 Å². The van der Waals surface area contributed by atoms with Crippen LogP contribution in [-0.4, -0.2) is 24.8 Å². The summed E-state index contributed by atoms with van der Waals surface area (Å²) in [4.78, 5) is 20.2. The van der Waals surface area contributed by atoms with Gasteiger partial charge in [0, 0.05) is 23.5 Å². The van der Waals surface area contributed by atoms with Crippen molar-refractivity contribution in [1.29, 1.82) is 0 Å². The van der Waals surface area contributed by atoms with Gasteiger partial charge in [-0.3, -0.25) is 0 Å². The van der Waals surface area contributed by atoms with Crippen LogP contribution < -0.4 is 4.90 Å². The lowest BCUT2D eigenvalue weighted by atomic mass is 10.0. The molecule has 3 rings (SSSR count). The second kappa shape index (κ2) is 6.79. The molecule has 4 nitrogen and oxygen atoms in total. The third-order valence-corrected chi connectivity index (χ3v) is 4.81. The van der Waals surface area contributed by atoms with Crippen molar-refractivity contribution in [2.45, 2.75) is 13.8 Å². The fraction of sp³-hybridized carbons (Fsp3) is 0.222. The Hall–Kier alpha value is -2.40. The van der Waals surface area contributed by atoms with E-state index in [1.54, 1.807) is 11.3 Å². The van der Waals surface area contributed by atoms with Gasteiger partial charge in [0.1, 0.15) is 5.71 Å². The first-order chi connectivity index (χ1) is 11.2. The minimum atomic E-state index is -0.401. The van der Waals surface area contributed by atoms with Gasteiger partial charge in [-0.15, -0.1) is 11.3 Å². The van der Waals surface area contributed by atoms with Crippen LogP contribution in [0.4, 0.5) is 5.00 Å². The summed E-state index contributed by atoms with van der Waals surface area (Å²) in [6.45, 7) is 6.20. The van der Waals surface area contributed by atoms with Crippen LogP contribution >= 0.6 is 11.3 Å². The Morgan fingerprint density at radius 1 is 1.13 bits per heavy atom. The van der Waals surface area contributed by atoms with E-state index in [2.05, 4.69) is 30.0 Å². The highest BCUT2D eigenvalue weighted by molar-refractivity contribution is 7.17. The van der Waals surface area contributed by atoms with Gasteiger partial charge in [0.15, 0.2) is 0 Å². The number of nitrogens with zero attached hydrogens (tertiary/aromatic N) is 2. The number of benzene rings is 1. The van der Waals surface area contributed by atoms with Crippen LogP contribution in [0.5, 0.6) is 0 Å². The van der Waals surface area contributed by atoms with Crippen molar-refractivity contribution in [3.63, 3.8) is 0 Å². The molecule has 118 valence electrons. The number of anilines is 1. The largest absolute Gasteiger partial charge is 0.368 e. The SMILES string of the molecule is CCN(CC)c1ccc(/C=C2/C(=O)ON=C2c2ccccc2)s1. The maximum Gasteiger partial charge on any atom is 0.368 e. The monoisotopic (exact) mass is 326 g/mol. The molecule has 0 saturated heterocycles. The van der Waals surface area contributed by atoms with Crippen LogP contribution in [0.1, 0.15) is 24.3 Å². The lowest BCUT2D eigenvalue weighted by molar-refractivity contribution is -0.136. The van der Waals surface area contributed by atoms with Gasteiger partial charge in [-0.1, -0.05) is 35.5 Å². The summed E-state index contributed by atoms with van der Waals surface area (Å²) in [5.74, 6) is -0.401. The quantitative estimate of drug-likeness (QED) is 0.617. The van der Waals surface area contributed by atoms with Gasteiger partial charge < -0.3 is 9.74 Å². The molecule has 1 aliphatic rings. The number of thiophene rings is 1. The van der Waals surface area contributed by atoms with E-state index in [1.807, 2.05) is 42.5 Å². The van der Waals surface area contributed by atoms with E-state index in [-0.39, 0.29) is 0 Å². The van der Waals surface area contributed by atoms with Gasteiger partial charge in [0.2, 0.25) is 0 Å². The molecule has 0 unspecified atom stereocenters. The fourth-order valence-corrected chi connectivity index (χ4v) is 3.56. The second-order valence-corrected chi connectivity index (χ2v) is 6.18. The topological polar surface area (TPSA) is 41.9 Å². The van der Waals surface area contributed by atoms with E-state index in [0.29, 0.717) is 11.3 Å². The molecule has 2 heterocycles. The molecule has 0 spiro atoms. The van der Waals surface area contributed by atoms with Crippen molar-refractivity contribution >= 4 is 34.1 Å².